The SMILES string of the molecule is [2H][13C]([2H])([2H])Oc1cc(O[13C]([2H])([2H])[2H])nc(NC(=O)NS(=O)(=O)N(C)S(C)(=O)=O)n1. The number of anilines is 1. The average Bonchev–Trinajstić information content (AvgIpc) is 2.40. The lowest BCUT2D eigenvalue weighted by atomic mass is 10.6. The molecule has 0 radical (unpaired) electrons. The van der Waals surface area contributed by atoms with Crippen LogP contribution < -0.4 is 19.5 Å². The monoisotopic (exact) mass is 377 g/mol. The van der Waals surface area contributed by atoms with Gasteiger partial charge < -0.3 is 9.47 Å². The number of urea groups is 1. The quantitative estimate of drug-likeness (QED) is 0.578. The van der Waals surface area contributed by atoms with Crippen molar-refractivity contribution in [1.29, 1.82) is 0 Å². The first-order chi connectivity index (χ1) is 12.8. The van der Waals surface area contributed by atoms with Crippen molar-refractivity contribution < 1.29 is 39.3 Å². The van der Waals surface area contributed by atoms with Crippen LogP contribution in [0.15, 0.2) is 6.07 Å². The number of nitrogens with zero attached hydrogens (tertiary/aromatic N) is 3. The number of ether oxygens (including phenoxy) is 2. The van der Waals surface area contributed by atoms with Gasteiger partial charge in [-0.3, -0.25) is 5.32 Å². The third-order valence-corrected chi connectivity index (χ3v) is 5.60. The first-order valence-corrected chi connectivity index (χ1v) is 8.62. The molecule has 0 aliphatic heterocycles. The molecule has 0 fully saturated rings. The highest BCUT2D eigenvalue weighted by molar-refractivity contribution is 8.03. The molecule has 0 saturated carbocycles. The van der Waals surface area contributed by atoms with Gasteiger partial charge in [-0.05, 0) is 0 Å². The van der Waals surface area contributed by atoms with E-state index in [1.54, 1.807) is 5.32 Å². The van der Waals surface area contributed by atoms with Gasteiger partial charge >= 0.3 is 16.2 Å². The first-order valence-electron chi connectivity index (χ1n) is 8.33. The van der Waals surface area contributed by atoms with E-state index in [1.807, 2.05) is 0 Å². The highest BCUT2D eigenvalue weighted by Crippen LogP contribution is 2.17. The van der Waals surface area contributed by atoms with Crippen LogP contribution in [0, 0.1) is 0 Å². The van der Waals surface area contributed by atoms with Crippen molar-refractivity contribution in [2.75, 3.05) is 32.7 Å². The number of sulfonamides is 1. The lowest BCUT2D eigenvalue weighted by Gasteiger charge is -2.15. The Hall–Kier alpha value is -2.19. The van der Waals surface area contributed by atoms with Gasteiger partial charge in [-0.1, -0.05) is 3.71 Å². The summed E-state index contributed by atoms with van der Waals surface area (Å²) in [4.78, 5) is 18.8. The normalized spacial score (nSPS) is 16.8. The van der Waals surface area contributed by atoms with E-state index in [1.165, 1.54) is 4.72 Å². The summed E-state index contributed by atoms with van der Waals surface area (Å²) in [5.74, 6) is -2.27. The fourth-order valence-electron chi connectivity index (χ4n) is 1.05. The fourth-order valence-corrected chi connectivity index (χ4v) is 3.00. The maximum Gasteiger partial charge on any atom is 0.336 e. The second-order valence-electron chi connectivity index (χ2n) is 3.78. The van der Waals surface area contributed by atoms with E-state index in [2.05, 4.69) is 19.4 Å². The van der Waals surface area contributed by atoms with E-state index in [0.29, 0.717) is 19.4 Å². The smallest absolute Gasteiger partial charge is 0.336 e. The van der Waals surface area contributed by atoms with E-state index in [9.17, 15) is 21.6 Å². The Labute approximate surface area is 141 Å². The minimum Gasteiger partial charge on any atom is -0.481 e. The van der Waals surface area contributed by atoms with E-state index in [-0.39, 0.29) is 3.71 Å². The number of methoxy groups -OCH3 is 2. The number of aromatic nitrogens is 2. The van der Waals surface area contributed by atoms with Crippen LogP contribution in [-0.4, -0.2) is 63.9 Å². The van der Waals surface area contributed by atoms with Gasteiger partial charge in [0.05, 0.1) is 34.6 Å². The van der Waals surface area contributed by atoms with E-state index in [0.717, 1.165) is 0 Å². The van der Waals surface area contributed by atoms with Crippen molar-refractivity contribution in [3.63, 3.8) is 0 Å². The van der Waals surface area contributed by atoms with Crippen molar-refractivity contribution in [2.45, 2.75) is 0 Å². The number of rotatable bonds is 6. The number of carbonyl (C=O) groups is 1. The Morgan fingerprint density at radius 2 is 1.74 bits per heavy atom. The number of nitrogens with one attached hydrogen (secondary N) is 2. The molecule has 2 N–H and O–H groups in total. The zero-order valence-corrected chi connectivity index (χ0v) is 13.2. The third-order valence-electron chi connectivity index (χ3n) is 2.14. The van der Waals surface area contributed by atoms with Crippen LogP contribution >= 0.6 is 0 Å². The summed E-state index contributed by atoms with van der Waals surface area (Å²) in [6.07, 6.45) is 0.571. The zero-order chi connectivity index (χ0) is 22.8. The van der Waals surface area contributed by atoms with Crippen LogP contribution in [0.2, 0.25) is 0 Å². The molecule has 2 amide bonds. The van der Waals surface area contributed by atoms with E-state index in [4.69, 9.17) is 8.22 Å². The zero-order valence-electron chi connectivity index (χ0n) is 17.6. The molecule has 130 valence electrons. The lowest BCUT2D eigenvalue weighted by molar-refractivity contribution is 0.256. The molecule has 0 bridgehead atoms. The van der Waals surface area contributed by atoms with Gasteiger partial charge in [-0.15, -0.1) is 0 Å². The van der Waals surface area contributed by atoms with Crippen molar-refractivity contribution in [3.05, 3.63) is 6.07 Å². The van der Waals surface area contributed by atoms with E-state index < -0.39 is 58.0 Å². The van der Waals surface area contributed by atoms with Gasteiger partial charge in [-0.2, -0.15) is 18.4 Å². The number of carbonyl (C=O) groups excluding carboxylic acids is 1. The van der Waals surface area contributed by atoms with Crippen molar-refractivity contribution >= 4 is 32.2 Å². The van der Waals surface area contributed by atoms with Crippen LogP contribution in [0.5, 0.6) is 11.8 Å². The topological polar surface area (TPSA) is 157 Å². The molecule has 12 nitrogen and oxygen atoms in total. The molecule has 1 heterocycles. The van der Waals surface area contributed by atoms with E-state index >= 15 is 0 Å². The van der Waals surface area contributed by atoms with Crippen LogP contribution in [0.25, 0.3) is 0 Å². The molecular formula is C9H15N5O7S2. The van der Waals surface area contributed by atoms with Crippen LogP contribution in [0.4, 0.5) is 10.7 Å². The minimum atomic E-state index is -4.83. The number of hydrogen-bond acceptors (Lipinski definition) is 9. The summed E-state index contributed by atoms with van der Waals surface area (Å²) < 4.78 is 98.4. The molecule has 0 unspecified atom stereocenters. The molecular weight excluding hydrogens is 356 g/mol. The van der Waals surface area contributed by atoms with Gasteiger partial charge in [0.1, 0.15) is 0 Å². The summed E-state index contributed by atoms with van der Waals surface area (Å²) in [6.45, 7) is 0. The fraction of sp³-hybridized carbons (Fsp3) is 0.444. The molecule has 1 aromatic rings. The van der Waals surface area contributed by atoms with Crippen molar-refractivity contribution in [3.8, 4) is 11.8 Å². The minimum absolute atomic E-state index is 0.127. The lowest BCUT2D eigenvalue weighted by Crippen LogP contribution is -2.45. The Morgan fingerprint density at radius 3 is 2.17 bits per heavy atom. The summed E-state index contributed by atoms with van der Waals surface area (Å²) in [5, 5.41) is 1.76. The Balaban J connectivity index is 3.14. The second kappa shape index (κ2) is 6.93. The maximum atomic E-state index is 11.8. The highest BCUT2D eigenvalue weighted by atomic mass is 32.3. The maximum absolute atomic E-state index is 11.8. The van der Waals surface area contributed by atoms with Gasteiger partial charge in [0.25, 0.3) is 0 Å². The van der Waals surface area contributed by atoms with Crippen molar-refractivity contribution in [1.82, 2.24) is 18.4 Å². The van der Waals surface area contributed by atoms with Gasteiger partial charge in [0.2, 0.25) is 27.7 Å². The Kier molecular flexibility index (Phi) is 3.42. The Morgan fingerprint density at radius 1 is 1.22 bits per heavy atom. The molecule has 0 spiro atoms. The molecule has 0 aromatic carbocycles. The molecule has 23 heavy (non-hydrogen) atoms. The standard InChI is InChI=1S/C9H15N5O7S2/c1-14(22(4,16)17)23(18,19)13-9(15)12-8-10-6(20-2)5-7(11-8)21-3/h5H,1-4H3,(H2,10,11,12,13,15)/i2+1D3,3+1D3. The second-order valence-corrected chi connectivity index (χ2v) is 7.72. The van der Waals surface area contributed by atoms with Crippen molar-refractivity contribution in [2.24, 2.45) is 0 Å². The van der Waals surface area contributed by atoms with Crippen LogP contribution in [0.3, 0.4) is 0 Å². The summed E-state index contributed by atoms with van der Waals surface area (Å²) >= 11 is 0. The first kappa shape index (κ1) is 11.4. The molecule has 1 rings (SSSR count). The van der Waals surface area contributed by atoms with Gasteiger partial charge in [0, 0.05) is 7.05 Å². The predicted octanol–water partition coefficient (Wildman–Crippen LogP) is -1.25. The average molecular weight is 377 g/mol. The molecule has 0 saturated heterocycles. The van der Waals surface area contributed by atoms with Crippen LogP contribution in [-0.2, 0) is 20.2 Å². The number of hydrogen-bond donors (Lipinski definition) is 2. The summed E-state index contributed by atoms with van der Waals surface area (Å²) in [6, 6.07) is -0.845. The van der Waals surface area contributed by atoms with Gasteiger partial charge in [0.15, 0.2) is 0 Å². The summed E-state index contributed by atoms with van der Waals surface area (Å²) in [7, 11) is -14.4. The highest BCUT2D eigenvalue weighted by Gasteiger charge is 2.28. The molecule has 0 aliphatic carbocycles. The summed E-state index contributed by atoms with van der Waals surface area (Å²) in [5.41, 5.74) is 0. The molecule has 0 atom stereocenters. The Bertz CT molecular complexity index is 944. The largest absolute Gasteiger partial charge is 0.481 e. The van der Waals surface area contributed by atoms with Gasteiger partial charge in [-0.25, -0.2) is 17.9 Å². The molecule has 1 aromatic heterocycles. The predicted molar refractivity (Wildman–Crippen MR) is 78.8 cm³/mol. The van der Waals surface area contributed by atoms with Crippen LogP contribution in [0.1, 0.15) is 8.22 Å². The third kappa shape index (κ3) is 5.19. The molecule has 0 aliphatic rings. The number of amides is 2. The molecule has 14 heteroatoms.